The Labute approximate surface area is 155 Å². The molecular formula is C15H9Cl2F3N4O2. The van der Waals surface area contributed by atoms with Gasteiger partial charge in [0.05, 0.1) is 15.6 Å². The minimum absolute atomic E-state index is 0.132. The van der Waals surface area contributed by atoms with Crippen molar-refractivity contribution in [3.05, 3.63) is 33.3 Å². The highest BCUT2D eigenvalue weighted by Gasteiger charge is 2.33. The SMILES string of the molecule is CC(=O)N(C(C)=O)c1[nH]nc(-c2c(Cl)cc(C(F)(F)F)cc2Cl)c1C#N. The number of halogens is 5. The summed E-state index contributed by atoms with van der Waals surface area (Å²) in [6.07, 6.45) is -4.67. The first-order valence-electron chi connectivity index (χ1n) is 6.85. The third-order valence-corrected chi connectivity index (χ3v) is 3.91. The van der Waals surface area contributed by atoms with Crippen molar-refractivity contribution in [1.29, 1.82) is 5.26 Å². The predicted octanol–water partition coefficient (Wildman–Crippen LogP) is 4.17. The zero-order valence-corrected chi connectivity index (χ0v) is 14.7. The number of amides is 2. The molecule has 0 unspecified atom stereocenters. The summed E-state index contributed by atoms with van der Waals surface area (Å²) < 4.78 is 38.5. The van der Waals surface area contributed by atoms with Crippen LogP contribution in [0.3, 0.4) is 0 Å². The van der Waals surface area contributed by atoms with E-state index in [2.05, 4.69) is 10.2 Å². The summed E-state index contributed by atoms with van der Waals surface area (Å²) >= 11 is 11.8. The van der Waals surface area contributed by atoms with Crippen LogP contribution in [0.15, 0.2) is 12.1 Å². The molecule has 1 aromatic carbocycles. The van der Waals surface area contributed by atoms with Crippen LogP contribution in [0.1, 0.15) is 25.0 Å². The van der Waals surface area contributed by atoms with E-state index in [1.54, 1.807) is 6.07 Å². The summed E-state index contributed by atoms with van der Waals surface area (Å²) in [6.45, 7) is 2.20. The number of nitriles is 1. The van der Waals surface area contributed by atoms with Gasteiger partial charge >= 0.3 is 6.18 Å². The Morgan fingerprint density at radius 3 is 2.08 bits per heavy atom. The van der Waals surface area contributed by atoms with Gasteiger partial charge in [0.1, 0.15) is 17.3 Å². The molecule has 0 spiro atoms. The van der Waals surface area contributed by atoms with Crippen LogP contribution in [0.2, 0.25) is 10.0 Å². The number of aromatic nitrogens is 2. The summed E-state index contributed by atoms with van der Waals surface area (Å²) in [5.41, 5.74) is -1.65. The molecule has 1 heterocycles. The molecule has 1 aromatic heterocycles. The van der Waals surface area contributed by atoms with E-state index in [9.17, 15) is 28.0 Å². The number of benzene rings is 1. The summed E-state index contributed by atoms with van der Waals surface area (Å²) in [5.74, 6) is -1.60. The first-order valence-corrected chi connectivity index (χ1v) is 7.61. The molecule has 6 nitrogen and oxygen atoms in total. The van der Waals surface area contributed by atoms with Gasteiger partial charge in [-0.05, 0) is 12.1 Å². The Kier molecular flexibility index (Phi) is 5.30. The number of alkyl halides is 3. The topological polar surface area (TPSA) is 89.8 Å². The van der Waals surface area contributed by atoms with Crippen LogP contribution in [0.25, 0.3) is 11.3 Å². The van der Waals surface area contributed by atoms with Crippen LogP contribution in [0.4, 0.5) is 19.0 Å². The minimum Gasteiger partial charge on any atom is -0.274 e. The molecule has 2 amide bonds. The van der Waals surface area contributed by atoms with Crippen LogP contribution in [0, 0.1) is 11.3 Å². The fourth-order valence-corrected chi connectivity index (χ4v) is 2.95. The maximum Gasteiger partial charge on any atom is 0.416 e. The van der Waals surface area contributed by atoms with E-state index in [0.717, 1.165) is 13.8 Å². The average Bonchev–Trinajstić information content (AvgIpc) is 2.88. The Hall–Kier alpha value is -2.57. The zero-order valence-electron chi connectivity index (χ0n) is 13.2. The highest BCUT2D eigenvalue weighted by atomic mass is 35.5. The van der Waals surface area contributed by atoms with Gasteiger partial charge in [-0.15, -0.1) is 0 Å². The van der Waals surface area contributed by atoms with Crippen LogP contribution in [-0.2, 0) is 15.8 Å². The molecule has 136 valence electrons. The minimum atomic E-state index is -4.67. The van der Waals surface area contributed by atoms with E-state index >= 15 is 0 Å². The molecule has 0 saturated carbocycles. The predicted molar refractivity (Wildman–Crippen MR) is 87.6 cm³/mol. The Bertz CT molecular complexity index is 910. The number of carbonyl (C=O) groups excluding carboxylic acids is 2. The van der Waals surface area contributed by atoms with Gasteiger partial charge < -0.3 is 0 Å². The number of H-pyrrole nitrogens is 1. The zero-order chi connectivity index (χ0) is 19.8. The van der Waals surface area contributed by atoms with Crippen molar-refractivity contribution < 1.29 is 22.8 Å². The van der Waals surface area contributed by atoms with E-state index in [1.807, 2.05) is 0 Å². The van der Waals surface area contributed by atoms with Crippen molar-refractivity contribution in [3.8, 4) is 17.3 Å². The van der Waals surface area contributed by atoms with Crippen LogP contribution < -0.4 is 4.90 Å². The van der Waals surface area contributed by atoms with Gasteiger partial charge in [0, 0.05) is 19.4 Å². The Morgan fingerprint density at radius 1 is 1.19 bits per heavy atom. The summed E-state index contributed by atoms with van der Waals surface area (Å²) in [4.78, 5) is 24.0. The third-order valence-electron chi connectivity index (χ3n) is 3.32. The number of rotatable bonds is 2. The number of carbonyl (C=O) groups is 2. The van der Waals surface area contributed by atoms with Gasteiger partial charge in [-0.2, -0.15) is 23.5 Å². The first kappa shape index (κ1) is 19.8. The molecule has 0 saturated heterocycles. The van der Waals surface area contributed by atoms with Crippen molar-refractivity contribution in [2.45, 2.75) is 20.0 Å². The third kappa shape index (κ3) is 3.52. The number of imide groups is 1. The molecule has 0 bridgehead atoms. The molecule has 0 aliphatic rings. The summed E-state index contributed by atoms with van der Waals surface area (Å²) in [5, 5.41) is 14.8. The lowest BCUT2D eigenvalue weighted by Gasteiger charge is -2.15. The maximum absolute atomic E-state index is 12.8. The van der Waals surface area contributed by atoms with E-state index in [1.165, 1.54) is 0 Å². The maximum atomic E-state index is 12.8. The van der Waals surface area contributed by atoms with Gasteiger partial charge in [0.25, 0.3) is 0 Å². The van der Waals surface area contributed by atoms with Gasteiger partial charge in [-0.1, -0.05) is 23.2 Å². The van der Waals surface area contributed by atoms with E-state index in [-0.39, 0.29) is 22.6 Å². The molecule has 0 radical (unpaired) electrons. The largest absolute Gasteiger partial charge is 0.416 e. The molecule has 0 atom stereocenters. The van der Waals surface area contributed by atoms with Crippen molar-refractivity contribution in [1.82, 2.24) is 10.2 Å². The molecule has 0 aliphatic heterocycles. The van der Waals surface area contributed by atoms with E-state index < -0.39 is 33.6 Å². The lowest BCUT2D eigenvalue weighted by molar-refractivity contribution is -0.137. The quantitative estimate of drug-likeness (QED) is 0.812. The summed E-state index contributed by atoms with van der Waals surface area (Å²) in [7, 11) is 0. The van der Waals surface area contributed by atoms with Crippen molar-refractivity contribution in [2.75, 3.05) is 4.90 Å². The number of hydrogen-bond donors (Lipinski definition) is 1. The van der Waals surface area contributed by atoms with Crippen molar-refractivity contribution in [3.63, 3.8) is 0 Å². The molecular weight excluding hydrogens is 396 g/mol. The normalized spacial score (nSPS) is 11.2. The number of nitrogens with one attached hydrogen (secondary N) is 1. The second-order valence-electron chi connectivity index (χ2n) is 5.09. The number of aromatic amines is 1. The first-order chi connectivity index (χ1) is 12.0. The van der Waals surface area contributed by atoms with Crippen LogP contribution in [-0.4, -0.2) is 22.0 Å². The van der Waals surface area contributed by atoms with Crippen LogP contribution >= 0.6 is 23.2 Å². The van der Waals surface area contributed by atoms with Gasteiger partial charge in [0.15, 0.2) is 5.82 Å². The number of nitrogens with zero attached hydrogens (tertiary/aromatic N) is 3. The molecule has 1 N–H and O–H groups in total. The Balaban J connectivity index is 2.71. The molecule has 2 rings (SSSR count). The van der Waals surface area contributed by atoms with Gasteiger partial charge in [-0.25, -0.2) is 4.90 Å². The second kappa shape index (κ2) is 6.97. The molecule has 26 heavy (non-hydrogen) atoms. The number of anilines is 1. The van der Waals surface area contributed by atoms with E-state index in [0.29, 0.717) is 17.0 Å². The van der Waals surface area contributed by atoms with Gasteiger partial charge in [-0.3, -0.25) is 14.7 Å². The monoisotopic (exact) mass is 404 g/mol. The smallest absolute Gasteiger partial charge is 0.274 e. The fraction of sp³-hybridized carbons (Fsp3) is 0.200. The lowest BCUT2D eigenvalue weighted by Crippen LogP contribution is -2.34. The highest BCUT2D eigenvalue weighted by molar-refractivity contribution is 6.39. The standard InChI is InChI=1S/C15H9Cl2F3N4O2/c1-6(25)24(7(2)26)14-9(5-21)13(22-23-14)12-10(16)3-8(4-11(12)17)15(18,19)20/h3-4H,1-2H3,(H,22,23). The molecule has 0 aliphatic carbocycles. The van der Waals surface area contributed by atoms with Crippen LogP contribution in [0.5, 0.6) is 0 Å². The summed E-state index contributed by atoms with van der Waals surface area (Å²) in [6, 6.07) is 3.04. The second-order valence-corrected chi connectivity index (χ2v) is 5.91. The van der Waals surface area contributed by atoms with Crippen molar-refractivity contribution >= 4 is 40.8 Å². The lowest BCUT2D eigenvalue weighted by atomic mass is 10.0. The highest BCUT2D eigenvalue weighted by Crippen LogP contribution is 2.42. The van der Waals surface area contributed by atoms with Gasteiger partial charge in [0.2, 0.25) is 11.8 Å². The number of hydrogen-bond acceptors (Lipinski definition) is 4. The van der Waals surface area contributed by atoms with Crippen molar-refractivity contribution in [2.24, 2.45) is 0 Å². The molecule has 2 aromatic rings. The Morgan fingerprint density at radius 2 is 1.69 bits per heavy atom. The molecule has 0 fully saturated rings. The molecule has 11 heteroatoms. The average molecular weight is 405 g/mol. The van der Waals surface area contributed by atoms with E-state index in [4.69, 9.17) is 23.2 Å². The fourth-order valence-electron chi connectivity index (χ4n) is 2.28.